The Morgan fingerprint density at radius 3 is 2.45 bits per heavy atom. The summed E-state index contributed by atoms with van der Waals surface area (Å²) in [5, 5.41) is 4.82. The van der Waals surface area contributed by atoms with Gasteiger partial charge in [0.25, 0.3) is 5.91 Å². The van der Waals surface area contributed by atoms with Crippen molar-refractivity contribution in [2.45, 2.75) is 6.42 Å². The van der Waals surface area contributed by atoms with E-state index in [1.807, 2.05) is 30.3 Å². The SMILES string of the molecule is Nc1nc(-c2ccc(Cl)cc2)nn1C(=O)Cc1ccccc1. The first-order valence-corrected chi connectivity index (χ1v) is 7.07. The van der Waals surface area contributed by atoms with E-state index in [2.05, 4.69) is 10.1 Å². The Hall–Kier alpha value is -2.66. The highest BCUT2D eigenvalue weighted by molar-refractivity contribution is 6.30. The van der Waals surface area contributed by atoms with Crippen LogP contribution in [0.3, 0.4) is 0 Å². The second-order valence-corrected chi connectivity index (χ2v) is 5.20. The van der Waals surface area contributed by atoms with Crippen LogP contribution in [0.4, 0.5) is 5.95 Å². The van der Waals surface area contributed by atoms with E-state index in [9.17, 15) is 4.79 Å². The zero-order valence-corrected chi connectivity index (χ0v) is 12.4. The first-order valence-electron chi connectivity index (χ1n) is 6.69. The van der Waals surface area contributed by atoms with Gasteiger partial charge >= 0.3 is 0 Å². The summed E-state index contributed by atoms with van der Waals surface area (Å²) in [5.74, 6) is 0.248. The highest BCUT2D eigenvalue weighted by atomic mass is 35.5. The Kier molecular flexibility index (Phi) is 3.89. The topological polar surface area (TPSA) is 73.8 Å². The van der Waals surface area contributed by atoms with Crippen LogP contribution >= 0.6 is 11.6 Å². The number of halogens is 1. The Morgan fingerprint density at radius 2 is 1.77 bits per heavy atom. The van der Waals surface area contributed by atoms with Gasteiger partial charge in [-0.15, -0.1) is 5.10 Å². The maximum Gasteiger partial charge on any atom is 0.254 e. The quantitative estimate of drug-likeness (QED) is 0.806. The van der Waals surface area contributed by atoms with Crippen LogP contribution in [0.2, 0.25) is 5.02 Å². The zero-order chi connectivity index (χ0) is 15.5. The summed E-state index contributed by atoms with van der Waals surface area (Å²) in [4.78, 5) is 16.4. The minimum Gasteiger partial charge on any atom is -0.368 e. The van der Waals surface area contributed by atoms with Gasteiger partial charge in [-0.3, -0.25) is 4.79 Å². The molecule has 0 atom stereocenters. The lowest BCUT2D eigenvalue weighted by atomic mass is 10.1. The van der Waals surface area contributed by atoms with Crippen LogP contribution in [-0.2, 0) is 6.42 Å². The molecule has 0 saturated carbocycles. The van der Waals surface area contributed by atoms with E-state index in [4.69, 9.17) is 17.3 Å². The maximum absolute atomic E-state index is 12.3. The molecule has 6 heteroatoms. The number of carbonyl (C=O) groups excluding carboxylic acids is 1. The van der Waals surface area contributed by atoms with Gasteiger partial charge in [0.2, 0.25) is 5.95 Å². The molecule has 22 heavy (non-hydrogen) atoms. The largest absolute Gasteiger partial charge is 0.368 e. The molecule has 3 rings (SSSR count). The van der Waals surface area contributed by atoms with Crippen molar-refractivity contribution in [3.05, 3.63) is 65.2 Å². The van der Waals surface area contributed by atoms with Gasteiger partial charge in [-0.05, 0) is 29.8 Å². The van der Waals surface area contributed by atoms with Crippen LogP contribution in [0, 0.1) is 0 Å². The molecular weight excluding hydrogens is 300 g/mol. The molecule has 0 aliphatic heterocycles. The predicted octanol–water partition coefficient (Wildman–Crippen LogP) is 3.06. The lowest BCUT2D eigenvalue weighted by molar-refractivity contribution is 0.0901. The van der Waals surface area contributed by atoms with Gasteiger partial charge in [0.15, 0.2) is 5.82 Å². The van der Waals surface area contributed by atoms with Crippen LogP contribution in [-0.4, -0.2) is 20.7 Å². The third kappa shape index (κ3) is 2.99. The van der Waals surface area contributed by atoms with Gasteiger partial charge in [-0.1, -0.05) is 41.9 Å². The summed E-state index contributed by atoms with van der Waals surface area (Å²) >= 11 is 5.85. The van der Waals surface area contributed by atoms with Gasteiger partial charge in [0.1, 0.15) is 0 Å². The summed E-state index contributed by atoms with van der Waals surface area (Å²) in [6.45, 7) is 0. The van der Waals surface area contributed by atoms with Crippen molar-refractivity contribution in [2.24, 2.45) is 0 Å². The van der Waals surface area contributed by atoms with Crippen molar-refractivity contribution in [1.29, 1.82) is 0 Å². The van der Waals surface area contributed by atoms with Crippen LogP contribution in [0.25, 0.3) is 11.4 Å². The average molecular weight is 313 g/mol. The number of aromatic nitrogens is 3. The van der Waals surface area contributed by atoms with E-state index in [1.165, 1.54) is 0 Å². The van der Waals surface area contributed by atoms with Crippen LogP contribution in [0.1, 0.15) is 10.4 Å². The van der Waals surface area contributed by atoms with Gasteiger partial charge in [-0.25, -0.2) is 0 Å². The number of carbonyl (C=O) groups is 1. The number of nitrogens with zero attached hydrogens (tertiary/aromatic N) is 3. The molecule has 0 fully saturated rings. The van der Waals surface area contributed by atoms with Crippen LogP contribution in [0.15, 0.2) is 54.6 Å². The fourth-order valence-corrected chi connectivity index (χ4v) is 2.20. The minimum atomic E-state index is -0.226. The fraction of sp³-hybridized carbons (Fsp3) is 0.0625. The molecule has 3 aromatic rings. The molecule has 5 nitrogen and oxygen atoms in total. The van der Waals surface area contributed by atoms with Gasteiger partial charge in [0, 0.05) is 10.6 Å². The molecule has 0 bridgehead atoms. The molecule has 0 aliphatic rings. The van der Waals surface area contributed by atoms with E-state index < -0.39 is 0 Å². The summed E-state index contributed by atoms with van der Waals surface area (Å²) in [6.07, 6.45) is 0.217. The Labute approximate surface area is 132 Å². The molecule has 0 unspecified atom stereocenters. The highest BCUT2D eigenvalue weighted by Gasteiger charge is 2.15. The van der Waals surface area contributed by atoms with Crippen molar-refractivity contribution in [2.75, 3.05) is 5.73 Å². The fourth-order valence-electron chi connectivity index (χ4n) is 2.07. The van der Waals surface area contributed by atoms with Crippen molar-refractivity contribution in [3.63, 3.8) is 0 Å². The number of benzene rings is 2. The molecule has 2 N–H and O–H groups in total. The summed E-state index contributed by atoms with van der Waals surface area (Å²) < 4.78 is 1.14. The zero-order valence-electron chi connectivity index (χ0n) is 11.6. The van der Waals surface area contributed by atoms with Gasteiger partial charge in [-0.2, -0.15) is 9.67 Å². The molecule has 1 aromatic heterocycles. The second-order valence-electron chi connectivity index (χ2n) is 4.77. The number of rotatable bonds is 3. The normalized spacial score (nSPS) is 10.6. The first-order chi connectivity index (χ1) is 10.6. The van der Waals surface area contributed by atoms with Crippen molar-refractivity contribution >= 4 is 23.5 Å². The maximum atomic E-state index is 12.3. The molecule has 0 spiro atoms. The van der Waals surface area contributed by atoms with Crippen molar-refractivity contribution < 1.29 is 4.79 Å². The molecular formula is C16H13ClN4O. The molecule has 2 aromatic carbocycles. The third-order valence-electron chi connectivity index (χ3n) is 3.17. The molecule has 0 radical (unpaired) electrons. The lowest BCUT2D eigenvalue weighted by Gasteiger charge is -2.01. The minimum absolute atomic E-state index is 0.0749. The van der Waals surface area contributed by atoms with E-state index in [0.717, 1.165) is 15.8 Å². The Balaban J connectivity index is 1.86. The molecule has 0 saturated heterocycles. The summed E-state index contributed by atoms with van der Waals surface area (Å²) in [5.41, 5.74) is 7.46. The smallest absolute Gasteiger partial charge is 0.254 e. The standard InChI is InChI=1S/C16H13ClN4O/c17-13-8-6-12(7-9-13)15-19-16(18)21(20-15)14(22)10-11-4-2-1-3-5-11/h1-9H,10H2,(H2,18,19,20). The van der Waals surface area contributed by atoms with Crippen LogP contribution in [0.5, 0.6) is 0 Å². The predicted molar refractivity (Wildman–Crippen MR) is 85.7 cm³/mol. The van der Waals surface area contributed by atoms with E-state index in [0.29, 0.717) is 10.8 Å². The van der Waals surface area contributed by atoms with Crippen molar-refractivity contribution in [3.8, 4) is 11.4 Å². The third-order valence-corrected chi connectivity index (χ3v) is 3.42. The van der Waals surface area contributed by atoms with Crippen molar-refractivity contribution in [1.82, 2.24) is 14.8 Å². The second kappa shape index (κ2) is 5.99. The number of nitrogen functional groups attached to an aromatic ring is 1. The average Bonchev–Trinajstić information content (AvgIpc) is 2.91. The summed E-state index contributed by atoms with van der Waals surface area (Å²) in [6, 6.07) is 16.5. The Morgan fingerprint density at radius 1 is 1.09 bits per heavy atom. The monoisotopic (exact) mass is 312 g/mol. The molecule has 0 aliphatic carbocycles. The van der Waals surface area contributed by atoms with Crippen LogP contribution < -0.4 is 5.73 Å². The molecule has 1 heterocycles. The number of anilines is 1. The molecule has 110 valence electrons. The van der Waals surface area contributed by atoms with E-state index >= 15 is 0 Å². The van der Waals surface area contributed by atoms with E-state index in [1.54, 1.807) is 24.3 Å². The Bertz CT molecular complexity index is 797. The van der Waals surface area contributed by atoms with E-state index in [-0.39, 0.29) is 18.3 Å². The number of hydrogen-bond donors (Lipinski definition) is 1. The van der Waals surface area contributed by atoms with Gasteiger partial charge in [0.05, 0.1) is 6.42 Å². The highest BCUT2D eigenvalue weighted by Crippen LogP contribution is 2.19. The number of hydrogen-bond acceptors (Lipinski definition) is 4. The molecule has 0 amide bonds. The lowest BCUT2D eigenvalue weighted by Crippen LogP contribution is -2.17. The summed E-state index contributed by atoms with van der Waals surface area (Å²) in [7, 11) is 0. The van der Waals surface area contributed by atoms with Gasteiger partial charge < -0.3 is 5.73 Å². The first kappa shape index (κ1) is 14.3. The number of nitrogens with two attached hydrogens (primary N) is 1.